The third-order valence-electron chi connectivity index (χ3n) is 2.69. The Hall–Kier alpha value is -2.04. The van der Waals surface area contributed by atoms with Crippen LogP contribution in [0.15, 0.2) is 30.3 Å². The Morgan fingerprint density at radius 3 is 2.45 bits per heavy atom. The van der Waals surface area contributed by atoms with Crippen molar-refractivity contribution in [1.82, 2.24) is 5.48 Å². The van der Waals surface area contributed by atoms with E-state index in [9.17, 15) is 9.59 Å². The van der Waals surface area contributed by atoms with Gasteiger partial charge in [0.2, 0.25) is 0 Å². The first-order chi connectivity index (χ1) is 9.72. The molecule has 20 heavy (non-hydrogen) atoms. The van der Waals surface area contributed by atoms with E-state index in [2.05, 4.69) is 11.8 Å². The first-order valence-electron chi connectivity index (χ1n) is 6.95. The number of rotatable bonds is 7. The topological polar surface area (TPSA) is 64.6 Å². The minimum Gasteiger partial charge on any atom is -0.408 e. The van der Waals surface area contributed by atoms with E-state index in [4.69, 9.17) is 4.74 Å². The Morgan fingerprint density at radius 2 is 1.75 bits per heavy atom. The normalized spacial score (nSPS) is 9.85. The van der Waals surface area contributed by atoms with Crippen molar-refractivity contribution in [3.05, 3.63) is 30.3 Å². The predicted octanol–water partition coefficient (Wildman–Crippen LogP) is 3.59. The van der Waals surface area contributed by atoms with Crippen LogP contribution in [0.5, 0.6) is 5.75 Å². The monoisotopic (exact) mass is 279 g/mol. The molecule has 0 spiro atoms. The van der Waals surface area contributed by atoms with Crippen LogP contribution in [0.2, 0.25) is 0 Å². The molecule has 1 N–H and O–H groups in total. The highest BCUT2D eigenvalue weighted by atomic mass is 16.7. The number of amides is 1. The number of hydroxylamine groups is 1. The summed E-state index contributed by atoms with van der Waals surface area (Å²) in [5.41, 5.74) is 1.97. The maximum absolute atomic E-state index is 11.3. The molecule has 0 saturated heterocycles. The van der Waals surface area contributed by atoms with E-state index in [1.54, 1.807) is 24.3 Å². The summed E-state index contributed by atoms with van der Waals surface area (Å²) in [7, 11) is 0. The number of ether oxygens (including phenoxy) is 1. The molecule has 0 atom stereocenters. The van der Waals surface area contributed by atoms with Crippen molar-refractivity contribution >= 4 is 12.1 Å². The molecule has 0 aromatic heterocycles. The maximum Gasteiger partial charge on any atom is 0.446 e. The van der Waals surface area contributed by atoms with Gasteiger partial charge in [0.25, 0.3) is 0 Å². The van der Waals surface area contributed by atoms with Crippen molar-refractivity contribution in [3.63, 3.8) is 0 Å². The fourth-order valence-corrected chi connectivity index (χ4v) is 1.64. The minimum absolute atomic E-state index is 0.301. The molecule has 0 bridgehead atoms. The van der Waals surface area contributed by atoms with E-state index in [0.717, 1.165) is 25.7 Å². The molecule has 0 aliphatic heterocycles. The van der Waals surface area contributed by atoms with Crippen molar-refractivity contribution in [2.75, 3.05) is 0 Å². The number of nitrogens with one attached hydrogen (secondary N) is 1. The molecule has 0 radical (unpaired) electrons. The van der Waals surface area contributed by atoms with Crippen LogP contribution in [0, 0.1) is 0 Å². The molecule has 110 valence electrons. The average Bonchev–Trinajstić information content (AvgIpc) is 2.46. The Morgan fingerprint density at radius 1 is 1.05 bits per heavy atom. The van der Waals surface area contributed by atoms with E-state index < -0.39 is 12.1 Å². The van der Waals surface area contributed by atoms with E-state index in [1.165, 1.54) is 6.42 Å². The zero-order valence-corrected chi connectivity index (χ0v) is 11.8. The molecular weight excluding hydrogens is 258 g/mol. The Balaban J connectivity index is 2.10. The van der Waals surface area contributed by atoms with Gasteiger partial charge >= 0.3 is 12.1 Å². The van der Waals surface area contributed by atoms with Crippen LogP contribution in [0.4, 0.5) is 4.79 Å². The summed E-state index contributed by atoms with van der Waals surface area (Å²) < 4.78 is 4.90. The van der Waals surface area contributed by atoms with Gasteiger partial charge in [0.1, 0.15) is 5.75 Å². The summed E-state index contributed by atoms with van der Waals surface area (Å²) in [6.45, 7) is 2.14. The SMILES string of the molecule is CCCCCCCC(=O)ONC(=O)Oc1ccccc1. The van der Waals surface area contributed by atoms with Crippen LogP contribution in [0.3, 0.4) is 0 Å². The number of hydrogen-bond donors (Lipinski definition) is 1. The van der Waals surface area contributed by atoms with Crippen LogP contribution in [-0.2, 0) is 9.63 Å². The molecule has 1 amide bonds. The second-order valence-electron chi connectivity index (χ2n) is 4.44. The molecule has 0 unspecified atom stereocenters. The highest BCUT2D eigenvalue weighted by Gasteiger charge is 2.08. The molecule has 1 aromatic carbocycles. The average molecular weight is 279 g/mol. The van der Waals surface area contributed by atoms with Crippen molar-refractivity contribution < 1.29 is 19.2 Å². The van der Waals surface area contributed by atoms with E-state index in [1.807, 2.05) is 11.5 Å². The van der Waals surface area contributed by atoms with Crippen molar-refractivity contribution in [3.8, 4) is 5.75 Å². The van der Waals surface area contributed by atoms with Crippen LogP contribution < -0.4 is 10.2 Å². The van der Waals surface area contributed by atoms with Crippen molar-refractivity contribution in [2.24, 2.45) is 0 Å². The van der Waals surface area contributed by atoms with Gasteiger partial charge < -0.3 is 9.57 Å². The third kappa shape index (κ3) is 7.41. The Labute approximate surface area is 119 Å². The fraction of sp³-hybridized carbons (Fsp3) is 0.467. The van der Waals surface area contributed by atoms with Crippen LogP contribution in [0.25, 0.3) is 0 Å². The number of para-hydroxylation sites is 1. The van der Waals surface area contributed by atoms with Crippen molar-refractivity contribution in [1.29, 1.82) is 0 Å². The lowest BCUT2D eigenvalue weighted by Gasteiger charge is -2.06. The van der Waals surface area contributed by atoms with Gasteiger partial charge in [0.15, 0.2) is 0 Å². The number of unbranched alkanes of at least 4 members (excludes halogenated alkanes) is 4. The highest BCUT2D eigenvalue weighted by Crippen LogP contribution is 2.08. The molecule has 0 heterocycles. The minimum atomic E-state index is -0.810. The highest BCUT2D eigenvalue weighted by molar-refractivity contribution is 5.74. The first kappa shape index (κ1) is 16.0. The smallest absolute Gasteiger partial charge is 0.408 e. The largest absolute Gasteiger partial charge is 0.446 e. The molecule has 0 aliphatic carbocycles. The summed E-state index contributed by atoms with van der Waals surface area (Å²) >= 11 is 0. The molecule has 1 rings (SSSR count). The molecular formula is C15H21NO4. The zero-order chi connectivity index (χ0) is 14.6. The summed E-state index contributed by atoms with van der Waals surface area (Å²) in [4.78, 5) is 27.3. The maximum atomic E-state index is 11.3. The molecule has 0 saturated carbocycles. The lowest BCUT2D eigenvalue weighted by atomic mass is 10.1. The van der Waals surface area contributed by atoms with Gasteiger partial charge in [-0.25, -0.2) is 9.59 Å². The fourth-order valence-electron chi connectivity index (χ4n) is 1.64. The predicted molar refractivity (Wildman–Crippen MR) is 75.1 cm³/mol. The van der Waals surface area contributed by atoms with Gasteiger partial charge in [-0.2, -0.15) is 0 Å². The molecule has 0 fully saturated rings. The van der Waals surface area contributed by atoms with E-state index >= 15 is 0 Å². The van der Waals surface area contributed by atoms with Crippen LogP contribution in [0.1, 0.15) is 45.4 Å². The van der Waals surface area contributed by atoms with Gasteiger partial charge in [-0.3, -0.25) is 0 Å². The quantitative estimate of drug-likeness (QED) is 0.612. The van der Waals surface area contributed by atoms with Gasteiger partial charge in [-0.15, -0.1) is 5.48 Å². The van der Waals surface area contributed by atoms with Gasteiger partial charge in [-0.05, 0) is 18.6 Å². The summed E-state index contributed by atoms with van der Waals surface area (Å²) in [6, 6.07) is 8.56. The van der Waals surface area contributed by atoms with E-state index in [0.29, 0.717) is 12.2 Å². The molecule has 1 aromatic rings. The van der Waals surface area contributed by atoms with Gasteiger partial charge in [-0.1, -0.05) is 50.8 Å². The lowest BCUT2D eigenvalue weighted by Crippen LogP contribution is -2.29. The van der Waals surface area contributed by atoms with Gasteiger partial charge in [0, 0.05) is 6.42 Å². The van der Waals surface area contributed by atoms with Gasteiger partial charge in [0.05, 0.1) is 0 Å². The summed E-state index contributed by atoms with van der Waals surface area (Å²) in [5.74, 6) is -0.0628. The number of hydrogen-bond acceptors (Lipinski definition) is 4. The first-order valence-corrected chi connectivity index (χ1v) is 6.95. The summed E-state index contributed by atoms with van der Waals surface area (Å²) in [6.07, 6.45) is 4.72. The van der Waals surface area contributed by atoms with Crippen LogP contribution >= 0.6 is 0 Å². The molecule has 5 heteroatoms. The summed E-state index contributed by atoms with van der Waals surface area (Å²) in [5, 5.41) is 0. The van der Waals surface area contributed by atoms with Crippen LogP contribution in [-0.4, -0.2) is 12.1 Å². The third-order valence-corrected chi connectivity index (χ3v) is 2.69. The lowest BCUT2D eigenvalue weighted by molar-refractivity contribution is -0.149. The van der Waals surface area contributed by atoms with Crippen molar-refractivity contribution in [2.45, 2.75) is 45.4 Å². The second-order valence-corrected chi connectivity index (χ2v) is 4.44. The molecule has 0 aliphatic rings. The second kappa shape index (κ2) is 9.83. The Bertz CT molecular complexity index is 406. The number of benzene rings is 1. The zero-order valence-electron chi connectivity index (χ0n) is 11.8. The standard InChI is InChI=1S/C15H21NO4/c1-2-3-4-5-9-12-14(17)20-16-15(18)19-13-10-7-6-8-11-13/h6-8,10-11H,2-5,9,12H2,1H3,(H,16,18). The number of carbonyl (C=O) groups is 2. The number of carbonyl (C=O) groups excluding carboxylic acids is 2. The molecule has 5 nitrogen and oxygen atoms in total. The van der Waals surface area contributed by atoms with E-state index in [-0.39, 0.29) is 0 Å². The Kier molecular flexibility index (Phi) is 7.87.